The number of ether oxygens (including phenoxy) is 1. The van der Waals surface area contributed by atoms with Crippen LogP contribution in [0.4, 0.5) is 5.69 Å². The molecule has 1 aliphatic heterocycles. The van der Waals surface area contributed by atoms with Crippen molar-refractivity contribution >= 4 is 28.5 Å². The first-order chi connectivity index (χ1) is 13.7. The van der Waals surface area contributed by atoms with Crippen LogP contribution in [0.5, 0.6) is 11.5 Å². The van der Waals surface area contributed by atoms with Gasteiger partial charge in [0.05, 0.1) is 5.69 Å². The van der Waals surface area contributed by atoms with Crippen LogP contribution >= 0.6 is 11.8 Å². The average Bonchev–Trinajstić information content (AvgIpc) is 3.18. The Morgan fingerprint density at radius 3 is 2.54 bits per heavy atom. The fourth-order valence-electron chi connectivity index (χ4n) is 2.95. The van der Waals surface area contributed by atoms with Crippen LogP contribution in [0.1, 0.15) is 15.9 Å². The molecule has 1 fully saturated rings. The molecule has 0 N–H and O–H groups in total. The Labute approximate surface area is 168 Å². The normalized spacial score (nSPS) is 15.0. The van der Waals surface area contributed by atoms with E-state index in [4.69, 9.17) is 9.73 Å². The van der Waals surface area contributed by atoms with Gasteiger partial charge >= 0.3 is 0 Å². The average molecular weight is 388 g/mol. The zero-order chi connectivity index (χ0) is 19.3. The predicted octanol–water partition coefficient (Wildman–Crippen LogP) is 5.66. The summed E-state index contributed by atoms with van der Waals surface area (Å²) < 4.78 is 5.86. The highest BCUT2D eigenvalue weighted by atomic mass is 32.2. The molecule has 1 amide bonds. The van der Waals surface area contributed by atoms with Crippen LogP contribution in [-0.4, -0.2) is 28.3 Å². The summed E-state index contributed by atoms with van der Waals surface area (Å²) >= 11 is 1.61. The molecule has 0 aliphatic carbocycles. The van der Waals surface area contributed by atoms with Gasteiger partial charge in [0.2, 0.25) is 0 Å². The first-order valence-corrected chi connectivity index (χ1v) is 10.1. The van der Waals surface area contributed by atoms with Gasteiger partial charge in [0.1, 0.15) is 11.5 Å². The van der Waals surface area contributed by atoms with Gasteiger partial charge in [-0.15, -0.1) is 0 Å². The lowest BCUT2D eigenvalue weighted by Gasteiger charge is -2.17. The number of hydrogen-bond donors (Lipinski definition) is 0. The zero-order valence-electron chi connectivity index (χ0n) is 15.5. The van der Waals surface area contributed by atoms with E-state index in [1.165, 1.54) is 0 Å². The van der Waals surface area contributed by atoms with Crippen molar-refractivity contribution in [2.24, 2.45) is 4.99 Å². The van der Waals surface area contributed by atoms with Crippen molar-refractivity contribution in [3.05, 3.63) is 90.0 Å². The van der Waals surface area contributed by atoms with E-state index in [2.05, 4.69) is 0 Å². The van der Waals surface area contributed by atoms with E-state index in [0.29, 0.717) is 17.9 Å². The summed E-state index contributed by atoms with van der Waals surface area (Å²) in [6.07, 6.45) is 0. The SMILES string of the molecule is Cc1ccccc1N=C1SCCN1C(=O)c1cccc(Oc2ccccc2)c1. The molecule has 0 saturated carbocycles. The molecule has 1 saturated heterocycles. The van der Waals surface area contributed by atoms with Crippen molar-refractivity contribution in [1.29, 1.82) is 0 Å². The largest absolute Gasteiger partial charge is 0.457 e. The van der Waals surface area contributed by atoms with Gasteiger partial charge in [0.15, 0.2) is 5.17 Å². The number of carbonyl (C=O) groups is 1. The molecule has 140 valence electrons. The van der Waals surface area contributed by atoms with E-state index in [1.54, 1.807) is 22.7 Å². The van der Waals surface area contributed by atoms with E-state index in [-0.39, 0.29) is 5.91 Å². The maximum atomic E-state index is 13.1. The quantitative estimate of drug-likeness (QED) is 0.579. The highest BCUT2D eigenvalue weighted by molar-refractivity contribution is 8.14. The number of aliphatic imine (C=N–C) groups is 1. The fourth-order valence-corrected chi connectivity index (χ4v) is 3.90. The second kappa shape index (κ2) is 8.31. The van der Waals surface area contributed by atoms with Crippen LogP contribution < -0.4 is 4.74 Å². The number of aryl methyl sites for hydroxylation is 1. The van der Waals surface area contributed by atoms with Crippen LogP contribution in [0.3, 0.4) is 0 Å². The van der Waals surface area contributed by atoms with Gasteiger partial charge in [0, 0.05) is 17.9 Å². The lowest BCUT2D eigenvalue weighted by molar-refractivity contribution is 0.0859. The fraction of sp³-hybridized carbons (Fsp3) is 0.130. The number of amidine groups is 1. The molecular weight excluding hydrogens is 368 g/mol. The molecule has 0 aromatic heterocycles. The molecular formula is C23H20N2O2S. The summed E-state index contributed by atoms with van der Waals surface area (Å²) in [4.78, 5) is 19.6. The van der Waals surface area contributed by atoms with Crippen molar-refractivity contribution in [3.8, 4) is 11.5 Å². The third kappa shape index (κ3) is 4.10. The lowest BCUT2D eigenvalue weighted by atomic mass is 10.2. The summed E-state index contributed by atoms with van der Waals surface area (Å²) in [5, 5.41) is 0.744. The monoisotopic (exact) mass is 388 g/mol. The second-order valence-corrected chi connectivity index (χ2v) is 7.49. The smallest absolute Gasteiger partial charge is 0.260 e. The summed E-state index contributed by atoms with van der Waals surface area (Å²) in [7, 11) is 0. The van der Waals surface area contributed by atoms with Crippen LogP contribution in [0.25, 0.3) is 0 Å². The Hall–Kier alpha value is -3.05. The topological polar surface area (TPSA) is 41.9 Å². The molecule has 1 heterocycles. The molecule has 3 aromatic rings. The minimum atomic E-state index is -0.0594. The maximum absolute atomic E-state index is 13.1. The molecule has 4 rings (SSSR count). The Morgan fingerprint density at radius 1 is 0.964 bits per heavy atom. The van der Waals surface area contributed by atoms with Crippen LogP contribution in [0, 0.1) is 6.92 Å². The number of benzene rings is 3. The predicted molar refractivity (Wildman–Crippen MR) is 115 cm³/mol. The highest BCUT2D eigenvalue weighted by Crippen LogP contribution is 2.28. The minimum absolute atomic E-state index is 0.0594. The Kier molecular flexibility index (Phi) is 5.44. The third-order valence-corrected chi connectivity index (χ3v) is 5.37. The third-order valence-electron chi connectivity index (χ3n) is 4.41. The van der Waals surface area contributed by atoms with E-state index < -0.39 is 0 Å². The zero-order valence-corrected chi connectivity index (χ0v) is 16.4. The number of carbonyl (C=O) groups excluding carboxylic acids is 1. The molecule has 4 nitrogen and oxygen atoms in total. The van der Waals surface area contributed by atoms with Crippen LogP contribution in [0.15, 0.2) is 83.9 Å². The van der Waals surface area contributed by atoms with Crippen molar-refractivity contribution in [3.63, 3.8) is 0 Å². The lowest BCUT2D eigenvalue weighted by Crippen LogP contribution is -2.31. The van der Waals surface area contributed by atoms with Crippen molar-refractivity contribution in [2.75, 3.05) is 12.3 Å². The Morgan fingerprint density at radius 2 is 1.71 bits per heavy atom. The number of amides is 1. The number of nitrogens with zero attached hydrogens (tertiary/aromatic N) is 2. The Balaban J connectivity index is 1.57. The molecule has 28 heavy (non-hydrogen) atoms. The molecule has 0 atom stereocenters. The standard InChI is InChI=1S/C23H20N2O2S/c1-17-8-5-6-13-21(17)24-23-25(14-15-28-23)22(26)18-9-7-12-20(16-18)27-19-10-3-2-4-11-19/h2-13,16H,14-15H2,1H3. The molecule has 5 heteroatoms. The summed E-state index contributed by atoms with van der Waals surface area (Å²) in [6.45, 7) is 2.67. The van der Waals surface area contributed by atoms with Gasteiger partial charge in [-0.3, -0.25) is 9.69 Å². The van der Waals surface area contributed by atoms with E-state index in [0.717, 1.165) is 27.9 Å². The van der Waals surface area contributed by atoms with Gasteiger partial charge in [0.25, 0.3) is 5.91 Å². The summed E-state index contributed by atoms with van der Waals surface area (Å²) in [5.74, 6) is 2.17. The van der Waals surface area contributed by atoms with Gasteiger partial charge in [-0.25, -0.2) is 4.99 Å². The summed E-state index contributed by atoms with van der Waals surface area (Å²) in [6, 6.07) is 24.8. The number of para-hydroxylation sites is 2. The van der Waals surface area contributed by atoms with Gasteiger partial charge in [-0.05, 0) is 48.9 Å². The molecule has 0 bridgehead atoms. The van der Waals surface area contributed by atoms with Crippen molar-refractivity contribution in [2.45, 2.75) is 6.92 Å². The molecule has 1 aliphatic rings. The Bertz CT molecular complexity index is 1020. The van der Waals surface area contributed by atoms with Gasteiger partial charge in [-0.2, -0.15) is 0 Å². The highest BCUT2D eigenvalue weighted by Gasteiger charge is 2.27. The van der Waals surface area contributed by atoms with Crippen molar-refractivity contribution < 1.29 is 9.53 Å². The van der Waals surface area contributed by atoms with Crippen LogP contribution in [0.2, 0.25) is 0 Å². The van der Waals surface area contributed by atoms with E-state index in [9.17, 15) is 4.79 Å². The summed E-state index contributed by atoms with van der Waals surface area (Å²) in [5.41, 5.74) is 2.58. The van der Waals surface area contributed by atoms with Gasteiger partial charge < -0.3 is 4.74 Å². The molecule has 0 radical (unpaired) electrons. The minimum Gasteiger partial charge on any atom is -0.457 e. The number of hydrogen-bond acceptors (Lipinski definition) is 4. The van der Waals surface area contributed by atoms with Crippen molar-refractivity contribution in [1.82, 2.24) is 4.90 Å². The van der Waals surface area contributed by atoms with Gasteiger partial charge in [-0.1, -0.05) is 54.2 Å². The van der Waals surface area contributed by atoms with E-state index in [1.807, 2.05) is 79.7 Å². The van der Waals surface area contributed by atoms with E-state index >= 15 is 0 Å². The molecule has 0 unspecified atom stereocenters. The first kappa shape index (κ1) is 18.3. The number of thioether (sulfide) groups is 1. The number of rotatable bonds is 4. The maximum Gasteiger partial charge on any atom is 0.260 e. The second-order valence-electron chi connectivity index (χ2n) is 6.43. The first-order valence-electron chi connectivity index (χ1n) is 9.13. The molecule has 0 spiro atoms. The van der Waals surface area contributed by atoms with Crippen LogP contribution in [-0.2, 0) is 0 Å². The molecule has 3 aromatic carbocycles.